The molecule has 3 aromatic rings. The lowest BCUT2D eigenvalue weighted by molar-refractivity contribution is 0.148. The summed E-state index contributed by atoms with van der Waals surface area (Å²) < 4.78 is 12.8. The molecule has 0 spiro atoms. The van der Waals surface area contributed by atoms with Crippen molar-refractivity contribution in [2.45, 2.75) is 45.8 Å². The first kappa shape index (κ1) is 24.3. The van der Waals surface area contributed by atoms with E-state index in [0.717, 1.165) is 52.6 Å². The molecule has 5 rings (SSSR count). The molecule has 0 aromatic heterocycles. The summed E-state index contributed by atoms with van der Waals surface area (Å²) >= 11 is 0. The van der Waals surface area contributed by atoms with Gasteiger partial charge >= 0.3 is 0 Å². The average molecular weight is 486 g/mol. The number of nitrogens with zero attached hydrogens (tertiary/aromatic N) is 1. The number of likely N-dealkylation sites (tertiary alicyclic amines) is 1. The number of aromatic hydroxyl groups is 2. The second kappa shape index (κ2) is 9.55. The van der Waals surface area contributed by atoms with E-state index in [0.29, 0.717) is 18.4 Å². The standard InChI is InChI=1S/C31H35NO4/c1-20-14-15-32(18-20)21(2)19-35-27-11-8-24(9-12-27)31(4)30(23-6-5-7-25(33)16-23)22(3)28-17-26(34)10-13-29(28)36-31/h5-13,16-17,20-21,33-34H,14-15,18-19H2,1-4H3/t20-,21+,31?/m1/s1. The van der Waals surface area contributed by atoms with E-state index >= 15 is 0 Å². The van der Waals surface area contributed by atoms with E-state index in [1.807, 2.05) is 37.3 Å². The van der Waals surface area contributed by atoms with Crippen molar-refractivity contribution in [1.29, 1.82) is 0 Å². The van der Waals surface area contributed by atoms with Crippen LogP contribution in [0.4, 0.5) is 0 Å². The molecule has 2 heterocycles. The first-order valence-electron chi connectivity index (χ1n) is 12.7. The van der Waals surface area contributed by atoms with Gasteiger partial charge in [-0.15, -0.1) is 0 Å². The number of allylic oxidation sites excluding steroid dienone is 1. The Morgan fingerprint density at radius 2 is 1.81 bits per heavy atom. The molecule has 1 saturated heterocycles. The van der Waals surface area contributed by atoms with Crippen LogP contribution in [0.25, 0.3) is 11.1 Å². The van der Waals surface area contributed by atoms with Gasteiger partial charge in [0, 0.05) is 23.7 Å². The van der Waals surface area contributed by atoms with Crippen LogP contribution < -0.4 is 9.47 Å². The summed E-state index contributed by atoms with van der Waals surface area (Å²) in [7, 11) is 0. The largest absolute Gasteiger partial charge is 0.508 e. The normalized spacial score (nSPS) is 22.7. The maximum absolute atomic E-state index is 10.2. The van der Waals surface area contributed by atoms with E-state index in [2.05, 4.69) is 37.8 Å². The number of rotatable bonds is 6. The molecule has 3 atom stereocenters. The highest BCUT2D eigenvalue weighted by molar-refractivity contribution is 5.97. The van der Waals surface area contributed by atoms with Gasteiger partial charge < -0.3 is 19.7 Å². The molecular weight excluding hydrogens is 450 g/mol. The van der Waals surface area contributed by atoms with Gasteiger partial charge in [0.25, 0.3) is 0 Å². The van der Waals surface area contributed by atoms with E-state index in [-0.39, 0.29) is 11.5 Å². The minimum absolute atomic E-state index is 0.190. The Morgan fingerprint density at radius 1 is 1.06 bits per heavy atom. The first-order valence-corrected chi connectivity index (χ1v) is 12.7. The molecule has 5 heteroatoms. The molecule has 0 bridgehead atoms. The Hall–Kier alpha value is -3.44. The number of hydrogen-bond donors (Lipinski definition) is 2. The molecule has 1 unspecified atom stereocenters. The summed E-state index contributed by atoms with van der Waals surface area (Å²) in [6.45, 7) is 11.6. The van der Waals surface area contributed by atoms with E-state index in [9.17, 15) is 10.2 Å². The zero-order valence-electron chi connectivity index (χ0n) is 21.5. The molecule has 188 valence electrons. The van der Waals surface area contributed by atoms with E-state index in [4.69, 9.17) is 9.47 Å². The van der Waals surface area contributed by atoms with Crippen LogP contribution in [0, 0.1) is 5.92 Å². The third-order valence-electron chi connectivity index (χ3n) is 7.64. The highest BCUT2D eigenvalue weighted by Gasteiger charge is 2.40. The minimum Gasteiger partial charge on any atom is -0.508 e. The Kier molecular flexibility index (Phi) is 6.44. The molecule has 2 aliphatic heterocycles. The third-order valence-corrected chi connectivity index (χ3v) is 7.64. The monoisotopic (exact) mass is 485 g/mol. The lowest BCUT2D eigenvalue weighted by Gasteiger charge is -2.40. The van der Waals surface area contributed by atoms with Crippen LogP contribution in [-0.4, -0.2) is 40.9 Å². The molecule has 36 heavy (non-hydrogen) atoms. The Labute approximate surface area is 213 Å². The quantitative estimate of drug-likeness (QED) is 0.420. The highest BCUT2D eigenvalue weighted by atomic mass is 16.5. The van der Waals surface area contributed by atoms with Crippen LogP contribution in [0.3, 0.4) is 0 Å². The fourth-order valence-corrected chi connectivity index (χ4v) is 5.58. The zero-order valence-corrected chi connectivity index (χ0v) is 21.5. The summed E-state index contributed by atoms with van der Waals surface area (Å²) in [5.74, 6) is 2.69. The Balaban J connectivity index is 1.45. The third kappa shape index (κ3) is 4.56. The molecule has 5 nitrogen and oxygen atoms in total. The summed E-state index contributed by atoms with van der Waals surface area (Å²) in [5, 5.41) is 20.3. The molecule has 0 amide bonds. The van der Waals surface area contributed by atoms with E-state index in [1.165, 1.54) is 6.42 Å². The lowest BCUT2D eigenvalue weighted by atomic mass is 9.77. The van der Waals surface area contributed by atoms with Gasteiger partial charge in [-0.05, 0) is 98.8 Å². The SMILES string of the molecule is CC1=C(c2cccc(O)c2)C(C)(c2ccc(OC[C@H](C)N3CC[C@@H](C)C3)cc2)Oc2ccc(O)cc21. The number of ether oxygens (including phenoxy) is 2. The number of hydrogen-bond acceptors (Lipinski definition) is 5. The summed E-state index contributed by atoms with van der Waals surface area (Å²) in [6.07, 6.45) is 1.26. The van der Waals surface area contributed by atoms with Crippen LogP contribution in [0.1, 0.15) is 50.8 Å². The second-order valence-electron chi connectivity index (χ2n) is 10.4. The van der Waals surface area contributed by atoms with Gasteiger partial charge in [-0.25, -0.2) is 0 Å². The summed E-state index contributed by atoms with van der Waals surface area (Å²) in [4.78, 5) is 2.50. The first-order chi connectivity index (χ1) is 17.2. The number of phenols is 2. The summed E-state index contributed by atoms with van der Waals surface area (Å²) in [6, 6.07) is 20.9. The van der Waals surface area contributed by atoms with Crippen LogP contribution in [0.5, 0.6) is 23.0 Å². The molecule has 0 radical (unpaired) electrons. The van der Waals surface area contributed by atoms with E-state index in [1.54, 1.807) is 24.3 Å². The minimum atomic E-state index is -0.806. The van der Waals surface area contributed by atoms with Gasteiger partial charge in [-0.1, -0.05) is 31.2 Å². The van der Waals surface area contributed by atoms with Crippen molar-refractivity contribution < 1.29 is 19.7 Å². The van der Waals surface area contributed by atoms with Gasteiger partial charge in [0.05, 0.1) is 0 Å². The fraction of sp³-hybridized carbons (Fsp3) is 0.355. The molecule has 1 fully saturated rings. The predicted octanol–water partition coefficient (Wildman–Crippen LogP) is 6.45. The van der Waals surface area contributed by atoms with Gasteiger partial charge in [0.15, 0.2) is 5.60 Å². The van der Waals surface area contributed by atoms with Crippen molar-refractivity contribution >= 4 is 11.1 Å². The van der Waals surface area contributed by atoms with Gasteiger partial charge in [-0.3, -0.25) is 4.90 Å². The fourth-order valence-electron chi connectivity index (χ4n) is 5.58. The number of phenolic OH excluding ortho intramolecular Hbond substituents is 2. The lowest BCUT2D eigenvalue weighted by Crippen LogP contribution is -2.35. The predicted molar refractivity (Wildman–Crippen MR) is 143 cm³/mol. The van der Waals surface area contributed by atoms with Crippen LogP contribution >= 0.6 is 0 Å². The average Bonchev–Trinajstić information content (AvgIpc) is 3.30. The second-order valence-corrected chi connectivity index (χ2v) is 10.4. The van der Waals surface area contributed by atoms with Gasteiger partial charge in [0.2, 0.25) is 0 Å². The van der Waals surface area contributed by atoms with Crippen LogP contribution in [-0.2, 0) is 5.60 Å². The number of benzene rings is 3. The maximum atomic E-state index is 10.2. The Bertz CT molecular complexity index is 1280. The smallest absolute Gasteiger partial charge is 0.157 e. The topological polar surface area (TPSA) is 62.2 Å². The Morgan fingerprint density at radius 3 is 2.50 bits per heavy atom. The van der Waals surface area contributed by atoms with E-state index < -0.39 is 5.60 Å². The van der Waals surface area contributed by atoms with Crippen molar-refractivity contribution in [3.05, 3.63) is 83.4 Å². The molecule has 2 aliphatic rings. The number of fused-ring (bicyclic) bond motifs is 1. The van der Waals surface area contributed by atoms with Gasteiger partial charge in [0.1, 0.15) is 29.6 Å². The van der Waals surface area contributed by atoms with Crippen molar-refractivity contribution in [2.75, 3.05) is 19.7 Å². The van der Waals surface area contributed by atoms with Crippen LogP contribution in [0.15, 0.2) is 66.7 Å². The zero-order chi connectivity index (χ0) is 25.4. The van der Waals surface area contributed by atoms with Crippen LogP contribution in [0.2, 0.25) is 0 Å². The maximum Gasteiger partial charge on any atom is 0.157 e. The highest BCUT2D eigenvalue weighted by Crippen LogP contribution is 2.51. The summed E-state index contributed by atoms with van der Waals surface area (Å²) in [5.41, 5.74) is 3.83. The molecule has 0 saturated carbocycles. The molecule has 0 aliphatic carbocycles. The van der Waals surface area contributed by atoms with Crippen molar-refractivity contribution in [3.8, 4) is 23.0 Å². The van der Waals surface area contributed by atoms with Crippen molar-refractivity contribution in [2.24, 2.45) is 5.92 Å². The van der Waals surface area contributed by atoms with Gasteiger partial charge in [-0.2, -0.15) is 0 Å². The molecule has 2 N–H and O–H groups in total. The molecular formula is C31H35NO4. The van der Waals surface area contributed by atoms with Crippen molar-refractivity contribution in [3.63, 3.8) is 0 Å². The molecule has 3 aromatic carbocycles. The van der Waals surface area contributed by atoms with Crippen molar-refractivity contribution in [1.82, 2.24) is 4.90 Å².